The van der Waals surface area contributed by atoms with E-state index in [0.29, 0.717) is 30.9 Å². The van der Waals surface area contributed by atoms with Crippen LogP contribution in [0, 0.1) is 11.6 Å². The molecule has 0 radical (unpaired) electrons. The summed E-state index contributed by atoms with van der Waals surface area (Å²) in [6, 6.07) is 26.3. The highest BCUT2D eigenvalue weighted by atomic mass is 31.2. The summed E-state index contributed by atoms with van der Waals surface area (Å²) < 4.78 is 76.7. The summed E-state index contributed by atoms with van der Waals surface area (Å²) in [5.74, 6) is -3.62. The molecule has 3 aliphatic rings. The molecule has 3 aliphatic heterocycles. The van der Waals surface area contributed by atoms with Crippen molar-refractivity contribution >= 4 is 31.5 Å². The van der Waals surface area contributed by atoms with Gasteiger partial charge in [0, 0.05) is 43.4 Å². The standard InChI is InChI=1S/C47H45F2N4O12P/c1-30-22-47(65-51-30)20-19-31(2)52-25-40(47)53-24-38(44(55)50-23-35-15-16-36(48)21-39(35)49)42(54)43(41(53)45(52)56)60-29-61-46(57)59-26-34-13-17-37(18-14-34)64-66(58,62-27-32-9-5-3-6-10-32)63-28-33-11-7-4-8-12-33/h3-18,21,24,31,40H,19-20,22-23,25-29H2,1-2H3,(H,50,55)/t31-,40+,47-/m0/s1. The first kappa shape index (κ1) is 45.7. The van der Waals surface area contributed by atoms with Crippen LogP contribution < -0.4 is 20.0 Å². The number of oxime groups is 1. The molecule has 1 fully saturated rings. The van der Waals surface area contributed by atoms with Crippen molar-refractivity contribution in [3.63, 3.8) is 0 Å². The molecule has 8 rings (SSSR count). The largest absolute Gasteiger partial charge is 0.530 e. The Morgan fingerprint density at radius 2 is 1.56 bits per heavy atom. The molecular weight excluding hydrogens is 882 g/mol. The predicted octanol–water partition coefficient (Wildman–Crippen LogP) is 8.38. The van der Waals surface area contributed by atoms with Crippen LogP contribution in [-0.4, -0.2) is 58.1 Å². The van der Waals surface area contributed by atoms with Gasteiger partial charge in [0.15, 0.2) is 11.3 Å². The van der Waals surface area contributed by atoms with E-state index in [4.69, 9.17) is 32.6 Å². The van der Waals surface area contributed by atoms with Gasteiger partial charge in [0.2, 0.25) is 18.0 Å². The molecule has 1 spiro atoms. The predicted molar refractivity (Wildman–Crippen MR) is 232 cm³/mol. The van der Waals surface area contributed by atoms with Gasteiger partial charge in [0.25, 0.3) is 11.8 Å². The van der Waals surface area contributed by atoms with Crippen LogP contribution in [0.3, 0.4) is 0 Å². The minimum atomic E-state index is -4.15. The number of nitrogens with one attached hydrogen (secondary N) is 1. The summed E-state index contributed by atoms with van der Waals surface area (Å²) in [5.41, 5.74) is 0.0847. The molecule has 0 aliphatic carbocycles. The SMILES string of the molecule is CC1=NO[C@@]2(CC[C@H](C)N3C[C@H]2n2cc(C(=O)NCc4ccc(F)cc4F)c(=O)c(OCOC(=O)OCc4ccc(OP(=O)(OCc5ccccc5)OCc5ccccc5)cc4)c2C3=O)C1. The van der Waals surface area contributed by atoms with Crippen molar-refractivity contribution in [2.45, 2.75) is 77.2 Å². The van der Waals surface area contributed by atoms with Crippen LogP contribution in [0.5, 0.6) is 11.5 Å². The summed E-state index contributed by atoms with van der Waals surface area (Å²) in [6.07, 6.45) is 1.51. The number of hydrogen-bond acceptors (Lipinski definition) is 13. The number of rotatable bonds is 16. The summed E-state index contributed by atoms with van der Waals surface area (Å²) in [7, 11) is -4.15. The Kier molecular flexibility index (Phi) is 13.6. The zero-order valence-corrected chi connectivity index (χ0v) is 36.7. The molecule has 16 nitrogen and oxygen atoms in total. The minimum Gasteiger partial charge on any atom is -0.451 e. The van der Waals surface area contributed by atoms with E-state index >= 15 is 0 Å². The molecule has 5 aromatic rings. The van der Waals surface area contributed by atoms with Crippen LogP contribution in [0.15, 0.2) is 119 Å². The molecule has 2 amide bonds. The second-order valence-corrected chi connectivity index (χ2v) is 17.6. The van der Waals surface area contributed by atoms with Crippen LogP contribution in [0.25, 0.3) is 0 Å². The number of benzene rings is 4. The monoisotopic (exact) mass is 926 g/mol. The van der Waals surface area contributed by atoms with Crippen molar-refractivity contribution < 1.29 is 60.3 Å². The topological polar surface area (TPSA) is 183 Å². The fourth-order valence-corrected chi connectivity index (χ4v) is 9.16. The third-order valence-corrected chi connectivity index (χ3v) is 12.8. The summed E-state index contributed by atoms with van der Waals surface area (Å²) in [4.78, 5) is 62.6. The highest BCUT2D eigenvalue weighted by Gasteiger charge is 2.54. The Balaban J connectivity index is 0.954. The van der Waals surface area contributed by atoms with E-state index in [-0.39, 0.29) is 49.4 Å². The first-order valence-corrected chi connectivity index (χ1v) is 22.5. The van der Waals surface area contributed by atoms with Crippen LogP contribution in [0.4, 0.5) is 13.6 Å². The van der Waals surface area contributed by atoms with E-state index in [9.17, 15) is 32.5 Å². The molecule has 1 N–H and O–H groups in total. The number of fused-ring (bicyclic) bond motifs is 5. The van der Waals surface area contributed by atoms with E-state index in [1.807, 2.05) is 74.5 Å². The van der Waals surface area contributed by atoms with Crippen molar-refractivity contribution in [1.82, 2.24) is 14.8 Å². The van der Waals surface area contributed by atoms with Gasteiger partial charge in [-0.05, 0) is 61.6 Å². The highest BCUT2D eigenvalue weighted by Crippen LogP contribution is 2.51. The average molecular weight is 927 g/mol. The molecule has 3 atom stereocenters. The molecule has 1 saturated heterocycles. The number of carbonyl (C=O) groups is 3. The third-order valence-electron chi connectivity index (χ3n) is 11.5. The first-order valence-electron chi connectivity index (χ1n) is 21.0. The number of pyridine rings is 1. The van der Waals surface area contributed by atoms with Gasteiger partial charge < -0.3 is 38.4 Å². The van der Waals surface area contributed by atoms with Crippen molar-refractivity contribution in [2.24, 2.45) is 5.16 Å². The number of halogens is 2. The summed E-state index contributed by atoms with van der Waals surface area (Å²) >= 11 is 0. The lowest BCUT2D eigenvalue weighted by Crippen LogP contribution is -2.52. The maximum absolute atomic E-state index is 14.5. The second-order valence-electron chi connectivity index (χ2n) is 16.0. The second kappa shape index (κ2) is 19.7. The number of phosphoric ester groups is 1. The molecule has 66 heavy (non-hydrogen) atoms. The molecule has 344 valence electrons. The number of carbonyl (C=O) groups excluding carboxylic acids is 3. The van der Waals surface area contributed by atoms with Crippen LogP contribution >= 0.6 is 7.82 Å². The van der Waals surface area contributed by atoms with Gasteiger partial charge in [-0.1, -0.05) is 84.0 Å². The number of hydrogen-bond donors (Lipinski definition) is 1. The Bertz CT molecular complexity index is 2690. The smallest absolute Gasteiger partial charge is 0.451 e. The lowest BCUT2D eigenvalue weighted by atomic mass is 9.84. The van der Waals surface area contributed by atoms with Gasteiger partial charge >= 0.3 is 14.0 Å². The van der Waals surface area contributed by atoms with Crippen LogP contribution in [-0.2, 0) is 54.3 Å². The average Bonchev–Trinajstić information content (AvgIpc) is 3.65. The number of nitrogens with zero attached hydrogens (tertiary/aromatic N) is 3. The highest BCUT2D eigenvalue weighted by molar-refractivity contribution is 7.48. The van der Waals surface area contributed by atoms with Crippen LogP contribution in [0.1, 0.15) is 82.3 Å². The number of ether oxygens (including phenoxy) is 3. The molecule has 0 saturated carbocycles. The van der Waals surface area contributed by atoms with Gasteiger partial charge in [-0.2, -0.15) is 0 Å². The Morgan fingerprint density at radius 3 is 2.20 bits per heavy atom. The van der Waals surface area contributed by atoms with Gasteiger partial charge in [0.05, 0.1) is 25.0 Å². The summed E-state index contributed by atoms with van der Waals surface area (Å²) in [5, 5.41) is 6.71. The molecule has 4 aromatic carbocycles. The van der Waals surface area contributed by atoms with Gasteiger partial charge in [0.1, 0.15) is 29.6 Å². The zero-order valence-electron chi connectivity index (χ0n) is 35.9. The van der Waals surface area contributed by atoms with Crippen molar-refractivity contribution in [3.05, 3.63) is 165 Å². The molecule has 0 unspecified atom stereocenters. The maximum Gasteiger partial charge on any atom is 0.530 e. The quantitative estimate of drug-likeness (QED) is 0.0568. The lowest BCUT2D eigenvalue weighted by molar-refractivity contribution is -0.0658. The van der Waals surface area contributed by atoms with Crippen molar-refractivity contribution in [1.29, 1.82) is 0 Å². The third kappa shape index (κ3) is 10.3. The minimum absolute atomic E-state index is 0.0379. The number of phosphoric acid groups is 1. The van der Waals surface area contributed by atoms with Crippen molar-refractivity contribution in [3.8, 4) is 11.5 Å². The molecule has 4 heterocycles. The van der Waals surface area contributed by atoms with Gasteiger partial charge in [-0.25, -0.2) is 18.1 Å². The molecule has 19 heteroatoms. The summed E-state index contributed by atoms with van der Waals surface area (Å²) in [6.45, 7) is 2.20. The van der Waals surface area contributed by atoms with E-state index in [2.05, 4.69) is 10.5 Å². The molecule has 1 aromatic heterocycles. The van der Waals surface area contributed by atoms with Gasteiger partial charge in [-0.15, -0.1) is 0 Å². The Labute approximate surface area is 377 Å². The Hall–Kier alpha value is -6.88. The zero-order chi connectivity index (χ0) is 46.4. The number of amides is 2. The fraction of sp³-hybridized carbons (Fsp3) is 0.298. The first-order chi connectivity index (χ1) is 31.8. The van der Waals surface area contributed by atoms with Gasteiger partial charge in [-0.3, -0.25) is 23.4 Å². The van der Waals surface area contributed by atoms with E-state index in [0.717, 1.165) is 29.0 Å². The van der Waals surface area contributed by atoms with E-state index in [1.165, 1.54) is 22.9 Å². The van der Waals surface area contributed by atoms with Crippen molar-refractivity contribution in [2.75, 3.05) is 13.3 Å². The van der Waals surface area contributed by atoms with E-state index in [1.54, 1.807) is 17.0 Å². The fourth-order valence-electron chi connectivity index (χ4n) is 7.98. The molecular formula is C47H45F2N4O12P. The Morgan fingerprint density at radius 1 is 0.894 bits per heavy atom. The lowest BCUT2D eigenvalue weighted by Gasteiger charge is -2.42. The normalized spacial score (nSPS) is 18.7. The van der Waals surface area contributed by atoms with Crippen LogP contribution in [0.2, 0.25) is 0 Å². The maximum atomic E-state index is 14.5. The number of aromatic nitrogens is 1. The molecule has 2 bridgehead atoms. The van der Waals surface area contributed by atoms with E-state index < -0.39 is 79.1 Å².